The Labute approximate surface area is 176 Å². The number of fused-ring (bicyclic) bond motifs is 2. The summed E-state index contributed by atoms with van der Waals surface area (Å²) in [5, 5.41) is 9.76. The highest BCUT2D eigenvalue weighted by Gasteiger charge is 2.57. The first-order chi connectivity index (χ1) is 14.1. The van der Waals surface area contributed by atoms with Gasteiger partial charge in [0.2, 0.25) is 5.88 Å². The maximum atomic E-state index is 11.2. The van der Waals surface area contributed by atoms with E-state index in [0.29, 0.717) is 11.0 Å². The lowest BCUT2D eigenvalue weighted by atomic mass is 10.1. The number of hydrogen-bond acceptors (Lipinski definition) is 11. The second-order valence-corrected chi connectivity index (χ2v) is 8.75. The summed E-state index contributed by atoms with van der Waals surface area (Å²) < 4.78 is 52.1. The minimum atomic E-state index is -4.17. The van der Waals surface area contributed by atoms with Gasteiger partial charge in [0.15, 0.2) is 17.7 Å². The molecule has 0 bridgehead atoms. The summed E-state index contributed by atoms with van der Waals surface area (Å²) in [6, 6.07) is 0. The second-order valence-electron chi connectivity index (χ2n) is 7.15. The molecule has 0 unspecified atom stereocenters. The monoisotopic (exact) mass is 464 g/mol. The van der Waals surface area contributed by atoms with Crippen molar-refractivity contribution in [2.45, 2.75) is 44.2 Å². The quantitative estimate of drug-likeness (QED) is 0.512. The minimum absolute atomic E-state index is 0.170. The van der Waals surface area contributed by atoms with E-state index in [4.69, 9.17) is 45.6 Å². The molecule has 166 valence electrons. The maximum absolute atomic E-state index is 11.2. The Kier molecular flexibility index (Phi) is 5.50. The standard InChI is InChI=1S/C15H21ClN6O7S/c1-15(2)28-9-7(5-26-30(18,23)24)27-14(10(9)29-15)22-12-8(11(17)19-6-20-12)13(21-22)25-4-3-16/h6-7,9-10,14H,3-5H2,1-2H3,(H2,17,19,20)(H2,18,23,24)/t7-,9-,10-,14-/m1/s1. The molecule has 4 atom stereocenters. The van der Waals surface area contributed by atoms with Gasteiger partial charge in [-0.2, -0.15) is 8.42 Å². The number of rotatable bonds is 7. The van der Waals surface area contributed by atoms with Gasteiger partial charge in [-0.1, -0.05) is 0 Å². The lowest BCUT2D eigenvalue weighted by Gasteiger charge is -2.24. The molecule has 0 saturated carbocycles. The number of nitrogen functional groups attached to an aromatic ring is 1. The molecule has 30 heavy (non-hydrogen) atoms. The van der Waals surface area contributed by atoms with Gasteiger partial charge in [0.25, 0.3) is 0 Å². The van der Waals surface area contributed by atoms with E-state index < -0.39 is 40.6 Å². The molecule has 2 aliphatic heterocycles. The lowest BCUT2D eigenvalue weighted by molar-refractivity contribution is -0.200. The molecule has 0 spiro atoms. The molecular formula is C15H21ClN6O7S. The van der Waals surface area contributed by atoms with Crippen molar-refractivity contribution in [3.05, 3.63) is 6.33 Å². The molecule has 0 radical (unpaired) electrons. The predicted molar refractivity (Wildman–Crippen MR) is 103 cm³/mol. The topological polar surface area (TPSA) is 176 Å². The summed E-state index contributed by atoms with van der Waals surface area (Å²) in [5.41, 5.74) is 6.34. The molecule has 2 aromatic heterocycles. The number of halogens is 1. The highest BCUT2D eigenvalue weighted by atomic mass is 35.5. The fourth-order valence-electron chi connectivity index (χ4n) is 3.53. The summed E-state index contributed by atoms with van der Waals surface area (Å²) in [5.74, 6) is -0.341. The molecule has 4 N–H and O–H groups in total. The Morgan fingerprint density at radius 2 is 2.03 bits per heavy atom. The Morgan fingerprint density at radius 3 is 2.73 bits per heavy atom. The van der Waals surface area contributed by atoms with E-state index in [1.807, 2.05) is 0 Å². The van der Waals surface area contributed by atoms with E-state index >= 15 is 0 Å². The van der Waals surface area contributed by atoms with Gasteiger partial charge < -0.3 is 24.7 Å². The Morgan fingerprint density at radius 1 is 1.30 bits per heavy atom. The van der Waals surface area contributed by atoms with Crippen LogP contribution in [-0.4, -0.2) is 71.4 Å². The van der Waals surface area contributed by atoms with Crippen molar-refractivity contribution >= 4 is 38.8 Å². The summed E-state index contributed by atoms with van der Waals surface area (Å²) in [7, 11) is -4.17. The van der Waals surface area contributed by atoms with Crippen molar-refractivity contribution in [3.8, 4) is 5.88 Å². The van der Waals surface area contributed by atoms with Crippen LogP contribution in [0.2, 0.25) is 0 Å². The number of aromatic nitrogens is 4. The van der Waals surface area contributed by atoms with E-state index in [9.17, 15) is 8.42 Å². The van der Waals surface area contributed by atoms with E-state index in [0.717, 1.165) is 0 Å². The number of hydrogen-bond donors (Lipinski definition) is 2. The molecule has 2 aliphatic rings. The third-order valence-electron chi connectivity index (χ3n) is 4.56. The normalized spacial score (nSPS) is 28.1. The summed E-state index contributed by atoms with van der Waals surface area (Å²) >= 11 is 5.71. The SMILES string of the molecule is CC1(C)O[C@@H]2[C@H](O1)[C@@H](COS(N)(=O)=O)O[C@H]2n1nc(OCCCl)c2c(N)ncnc21. The van der Waals surface area contributed by atoms with Crippen molar-refractivity contribution in [3.63, 3.8) is 0 Å². The van der Waals surface area contributed by atoms with Gasteiger partial charge in [-0.3, -0.25) is 4.18 Å². The predicted octanol–water partition coefficient (Wildman–Crippen LogP) is -0.336. The molecule has 13 nitrogen and oxygen atoms in total. The van der Waals surface area contributed by atoms with Crippen LogP contribution < -0.4 is 15.6 Å². The van der Waals surface area contributed by atoms with Crippen molar-refractivity contribution in [1.29, 1.82) is 0 Å². The first kappa shape index (κ1) is 21.4. The van der Waals surface area contributed by atoms with Gasteiger partial charge in [-0.25, -0.2) is 19.8 Å². The van der Waals surface area contributed by atoms with Crippen LogP contribution in [-0.2, 0) is 28.7 Å². The largest absolute Gasteiger partial charge is 0.475 e. The van der Waals surface area contributed by atoms with Crippen LogP contribution in [0.4, 0.5) is 5.82 Å². The van der Waals surface area contributed by atoms with Gasteiger partial charge >= 0.3 is 10.3 Å². The van der Waals surface area contributed by atoms with Crippen LogP contribution in [0.15, 0.2) is 6.33 Å². The zero-order valence-electron chi connectivity index (χ0n) is 16.1. The van der Waals surface area contributed by atoms with E-state index in [1.165, 1.54) is 11.0 Å². The molecular weight excluding hydrogens is 444 g/mol. The second kappa shape index (κ2) is 7.71. The zero-order valence-corrected chi connectivity index (χ0v) is 17.7. The fourth-order valence-corrected chi connectivity index (χ4v) is 3.93. The van der Waals surface area contributed by atoms with E-state index in [2.05, 4.69) is 15.1 Å². The number of anilines is 1. The van der Waals surface area contributed by atoms with Gasteiger partial charge in [-0.05, 0) is 13.8 Å². The van der Waals surface area contributed by atoms with Gasteiger partial charge in [-0.15, -0.1) is 16.7 Å². The zero-order chi connectivity index (χ0) is 21.7. The Hall–Kier alpha value is -1.81. The van der Waals surface area contributed by atoms with Gasteiger partial charge in [0, 0.05) is 0 Å². The molecule has 0 amide bonds. The highest BCUT2D eigenvalue weighted by Crippen LogP contribution is 2.44. The van der Waals surface area contributed by atoms with E-state index in [1.54, 1.807) is 13.8 Å². The minimum Gasteiger partial charge on any atom is -0.475 e. The average Bonchev–Trinajstić information content (AvgIpc) is 3.27. The maximum Gasteiger partial charge on any atom is 0.333 e. The summed E-state index contributed by atoms with van der Waals surface area (Å²) in [6.45, 7) is 3.30. The first-order valence-electron chi connectivity index (χ1n) is 8.95. The smallest absolute Gasteiger partial charge is 0.333 e. The summed E-state index contributed by atoms with van der Waals surface area (Å²) in [4.78, 5) is 8.23. The van der Waals surface area contributed by atoms with Crippen LogP contribution in [0.5, 0.6) is 5.88 Å². The number of ether oxygens (including phenoxy) is 4. The number of nitrogens with zero attached hydrogens (tertiary/aromatic N) is 4. The number of nitrogens with two attached hydrogens (primary N) is 2. The average molecular weight is 465 g/mol. The van der Waals surface area contributed by atoms with Crippen molar-refractivity contribution in [2.75, 3.05) is 24.8 Å². The third-order valence-corrected chi connectivity index (χ3v) is 5.18. The van der Waals surface area contributed by atoms with Crippen LogP contribution in [0.1, 0.15) is 20.1 Å². The Bertz CT molecular complexity index is 1050. The third kappa shape index (κ3) is 4.03. The first-order valence-corrected chi connectivity index (χ1v) is 11.0. The molecule has 2 aromatic rings. The van der Waals surface area contributed by atoms with Crippen molar-refractivity contribution in [1.82, 2.24) is 19.7 Å². The number of alkyl halides is 1. The molecule has 2 saturated heterocycles. The van der Waals surface area contributed by atoms with Crippen LogP contribution in [0.25, 0.3) is 11.0 Å². The molecule has 2 fully saturated rings. The molecule has 4 rings (SSSR count). The van der Waals surface area contributed by atoms with Crippen molar-refractivity contribution in [2.24, 2.45) is 5.14 Å². The van der Waals surface area contributed by atoms with Gasteiger partial charge in [0.05, 0.1) is 12.5 Å². The molecule has 4 heterocycles. The highest BCUT2D eigenvalue weighted by molar-refractivity contribution is 7.84. The van der Waals surface area contributed by atoms with Crippen LogP contribution >= 0.6 is 11.6 Å². The molecule has 0 aliphatic carbocycles. The Balaban J connectivity index is 1.72. The summed E-state index contributed by atoms with van der Waals surface area (Å²) in [6.07, 6.45) is -1.64. The van der Waals surface area contributed by atoms with Crippen LogP contribution in [0, 0.1) is 0 Å². The molecule has 15 heteroatoms. The van der Waals surface area contributed by atoms with E-state index in [-0.39, 0.29) is 30.8 Å². The van der Waals surface area contributed by atoms with Gasteiger partial charge in [0.1, 0.15) is 42.5 Å². The lowest BCUT2D eigenvalue weighted by Crippen LogP contribution is -2.34. The van der Waals surface area contributed by atoms with Crippen LogP contribution in [0.3, 0.4) is 0 Å². The fraction of sp³-hybridized carbons (Fsp3) is 0.667. The van der Waals surface area contributed by atoms with Crippen molar-refractivity contribution < 1.29 is 31.5 Å². The molecule has 0 aromatic carbocycles.